The van der Waals surface area contributed by atoms with Crippen molar-refractivity contribution in [3.05, 3.63) is 65.7 Å². The number of nitrogens with one attached hydrogen (secondary N) is 1. The summed E-state index contributed by atoms with van der Waals surface area (Å²) in [5.41, 5.74) is 3.14. The minimum atomic E-state index is 0.00866. The summed E-state index contributed by atoms with van der Waals surface area (Å²) in [4.78, 5) is 12.2. The van der Waals surface area contributed by atoms with E-state index in [1.165, 1.54) is 16.3 Å². The van der Waals surface area contributed by atoms with Gasteiger partial charge in [0, 0.05) is 18.0 Å². The molecule has 0 bridgehead atoms. The highest BCUT2D eigenvalue weighted by molar-refractivity contribution is 6.01. The maximum absolute atomic E-state index is 12.2. The molecule has 118 valence electrons. The topological polar surface area (TPSA) is 47.6 Å². The van der Waals surface area contributed by atoms with E-state index >= 15 is 0 Å². The fraction of sp³-hybridized carbons (Fsp3) is 0.150. The molecule has 1 N–H and O–H groups in total. The Balaban J connectivity index is 1.73. The quantitative estimate of drug-likeness (QED) is 0.737. The van der Waals surface area contributed by atoms with E-state index in [0.29, 0.717) is 6.42 Å². The Hall–Kier alpha value is -3.01. The molecular formula is C20H15NO3. The van der Waals surface area contributed by atoms with Gasteiger partial charge in [0.25, 0.3) is 0 Å². The van der Waals surface area contributed by atoms with Crippen LogP contribution in [0, 0.1) is 0 Å². The molecule has 2 heterocycles. The van der Waals surface area contributed by atoms with Gasteiger partial charge in [-0.2, -0.15) is 0 Å². The maximum atomic E-state index is 12.2. The van der Waals surface area contributed by atoms with Gasteiger partial charge in [-0.25, -0.2) is 0 Å². The third-order valence-corrected chi connectivity index (χ3v) is 4.78. The monoisotopic (exact) mass is 317 g/mol. The van der Waals surface area contributed by atoms with E-state index in [2.05, 4.69) is 23.5 Å². The van der Waals surface area contributed by atoms with Crippen LogP contribution in [0.15, 0.2) is 54.6 Å². The Morgan fingerprint density at radius 2 is 1.83 bits per heavy atom. The van der Waals surface area contributed by atoms with Crippen LogP contribution < -0.4 is 14.8 Å². The molecule has 1 atom stereocenters. The lowest BCUT2D eigenvalue weighted by Gasteiger charge is -2.27. The van der Waals surface area contributed by atoms with Crippen molar-refractivity contribution in [3.63, 3.8) is 0 Å². The van der Waals surface area contributed by atoms with Crippen molar-refractivity contribution >= 4 is 22.4 Å². The maximum Gasteiger partial charge on any atom is 0.231 e. The van der Waals surface area contributed by atoms with Gasteiger partial charge in [-0.1, -0.05) is 36.4 Å². The van der Waals surface area contributed by atoms with Crippen LogP contribution in [0.1, 0.15) is 23.5 Å². The highest BCUT2D eigenvalue weighted by Gasteiger charge is 2.29. The van der Waals surface area contributed by atoms with Gasteiger partial charge >= 0.3 is 0 Å². The van der Waals surface area contributed by atoms with Crippen molar-refractivity contribution in [1.82, 2.24) is 0 Å². The van der Waals surface area contributed by atoms with Crippen LogP contribution in [0.3, 0.4) is 0 Å². The van der Waals surface area contributed by atoms with Gasteiger partial charge in [0.2, 0.25) is 12.7 Å². The molecule has 4 nitrogen and oxygen atoms in total. The van der Waals surface area contributed by atoms with Crippen molar-refractivity contribution in [3.8, 4) is 11.5 Å². The number of fused-ring (bicyclic) bond motifs is 4. The van der Waals surface area contributed by atoms with Gasteiger partial charge in [0.05, 0.1) is 0 Å². The molecule has 0 saturated heterocycles. The number of rotatable bonds is 1. The number of amides is 1. The Bertz CT molecular complexity index is 980. The predicted octanol–water partition coefficient (Wildman–Crippen LogP) is 4.04. The number of carbonyl (C=O) groups excluding carboxylic acids is 1. The van der Waals surface area contributed by atoms with E-state index in [1.807, 2.05) is 36.4 Å². The molecule has 0 spiro atoms. The average molecular weight is 317 g/mol. The molecule has 2 aliphatic rings. The van der Waals surface area contributed by atoms with E-state index in [0.717, 1.165) is 22.7 Å². The first kappa shape index (κ1) is 13.4. The third-order valence-electron chi connectivity index (χ3n) is 4.78. The number of hydrogen-bond acceptors (Lipinski definition) is 3. The molecule has 0 saturated carbocycles. The molecule has 0 aromatic heterocycles. The molecule has 2 aliphatic heterocycles. The highest BCUT2D eigenvalue weighted by atomic mass is 16.7. The summed E-state index contributed by atoms with van der Waals surface area (Å²) in [6, 6.07) is 18.3. The Morgan fingerprint density at radius 3 is 2.79 bits per heavy atom. The molecule has 0 unspecified atom stereocenters. The second-order valence-electron chi connectivity index (χ2n) is 6.17. The van der Waals surface area contributed by atoms with E-state index in [9.17, 15) is 4.79 Å². The molecule has 24 heavy (non-hydrogen) atoms. The van der Waals surface area contributed by atoms with E-state index in [1.54, 1.807) is 0 Å². The van der Waals surface area contributed by atoms with Crippen molar-refractivity contribution in [2.45, 2.75) is 12.3 Å². The van der Waals surface area contributed by atoms with Crippen LogP contribution in [0.2, 0.25) is 0 Å². The molecule has 0 aliphatic carbocycles. The SMILES string of the molecule is O=C1C[C@H](c2ccc3c(c2)OCO3)c2c(ccc3ccccc23)N1. The number of hydrogen-bond donors (Lipinski definition) is 1. The smallest absolute Gasteiger partial charge is 0.231 e. The molecule has 3 aromatic carbocycles. The van der Waals surface area contributed by atoms with Gasteiger partial charge in [0.15, 0.2) is 11.5 Å². The highest BCUT2D eigenvalue weighted by Crippen LogP contribution is 2.44. The van der Waals surface area contributed by atoms with Crippen LogP contribution in [0.4, 0.5) is 5.69 Å². The van der Waals surface area contributed by atoms with Crippen molar-refractivity contribution in [1.29, 1.82) is 0 Å². The van der Waals surface area contributed by atoms with E-state index < -0.39 is 0 Å². The summed E-state index contributed by atoms with van der Waals surface area (Å²) in [6.07, 6.45) is 0.431. The molecule has 3 aromatic rings. The van der Waals surface area contributed by atoms with Crippen LogP contribution in [-0.2, 0) is 4.79 Å². The summed E-state index contributed by atoms with van der Waals surface area (Å²) >= 11 is 0. The van der Waals surface area contributed by atoms with Crippen molar-refractivity contribution in [2.75, 3.05) is 12.1 Å². The first-order valence-corrected chi connectivity index (χ1v) is 8.00. The van der Waals surface area contributed by atoms with Gasteiger partial charge in [0.1, 0.15) is 0 Å². The first-order chi connectivity index (χ1) is 11.8. The first-order valence-electron chi connectivity index (χ1n) is 8.00. The average Bonchev–Trinajstić information content (AvgIpc) is 3.08. The molecule has 1 amide bonds. The van der Waals surface area contributed by atoms with E-state index in [-0.39, 0.29) is 18.6 Å². The molecular weight excluding hydrogens is 302 g/mol. The molecule has 4 heteroatoms. The summed E-state index contributed by atoms with van der Waals surface area (Å²) in [7, 11) is 0. The normalized spacial score (nSPS) is 18.3. The summed E-state index contributed by atoms with van der Waals surface area (Å²) < 4.78 is 10.9. The minimum absolute atomic E-state index is 0.00866. The zero-order valence-electron chi connectivity index (χ0n) is 12.9. The van der Waals surface area contributed by atoms with Crippen LogP contribution in [0.25, 0.3) is 10.8 Å². The van der Waals surface area contributed by atoms with Gasteiger partial charge in [-0.3, -0.25) is 4.79 Å². The fourth-order valence-electron chi connectivity index (χ4n) is 3.68. The van der Waals surface area contributed by atoms with Crippen molar-refractivity contribution in [2.24, 2.45) is 0 Å². The van der Waals surface area contributed by atoms with Crippen LogP contribution in [-0.4, -0.2) is 12.7 Å². The molecule has 5 rings (SSSR count). The van der Waals surface area contributed by atoms with Gasteiger partial charge in [-0.15, -0.1) is 0 Å². The summed E-state index contributed by atoms with van der Waals surface area (Å²) in [6.45, 7) is 0.253. The molecule has 0 radical (unpaired) electrons. The predicted molar refractivity (Wildman–Crippen MR) is 91.6 cm³/mol. The van der Waals surface area contributed by atoms with Gasteiger partial charge < -0.3 is 14.8 Å². The summed E-state index contributed by atoms with van der Waals surface area (Å²) in [5.74, 6) is 1.56. The minimum Gasteiger partial charge on any atom is -0.454 e. The number of benzene rings is 3. The second-order valence-corrected chi connectivity index (χ2v) is 6.17. The second kappa shape index (κ2) is 4.99. The lowest BCUT2D eigenvalue weighted by atomic mass is 9.82. The zero-order chi connectivity index (χ0) is 16.1. The Labute approximate surface area is 139 Å². The van der Waals surface area contributed by atoms with Crippen LogP contribution >= 0.6 is 0 Å². The fourth-order valence-corrected chi connectivity index (χ4v) is 3.68. The zero-order valence-corrected chi connectivity index (χ0v) is 12.9. The molecule has 0 fully saturated rings. The lowest BCUT2D eigenvalue weighted by molar-refractivity contribution is -0.116. The Kier molecular flexibility index (Phi) is 2.80. The Morgan fingerprint density at radius 1 is 0.958 bits per heavy atom. The standard InChI is InChI=1S/C20H15NO3/c22-19-10-15(13-6-8-17-18(9-13)24-11-23-17)20-14-4-2-1-3-12(14)5-7-16(20)21-19/h1-9,15H,10-11H2,(H,21,22)/t15-/m1/s1. The third kappa shape index (κ3) is 1.96. The van der Waals surface area contributed by atoms with Crippen LogP contribution in [0.5, 0.6) is 11.5 Å². The largest absolute Gasteiger partial charge is 0.454 e. The number of anilines is 1. The number of ether oxygens (including phenoxy) is 2. The van der Waals surface area contributed by atoms with Gasteiger partial charge in [-0.05, 0) is 40.1 Å². The number of carbonyl (C=O) groups is 1. The lowest BCUT2D eigenvalue weighted by Crippen LogP contribution is -2.23. The van der Waals surface area contributed by atoms with Crippen molar-refractivity contribution < 1.29 is 14.3 Å². The summed E-state index contributed by atoms with van der Waals surface area (Å²) in [5, 5.41) is 5.37. The van der Waals surface area contributed by atoms with E-state index in [4.69, 9.17) is 9.47 Å².